The van der Waals surface area contributed by atoms with E-state index in [9.17, 15) is 18.4 Å². The van der Waals surface area contributed by atoms with Gasteiger partial charge in [-0.05, 0) is 31.5 Å². The van der Waals surface area contributed by atoms with Crippen molar-refractivity contribution in [3.63, 3.8) is 0 Å². The fraction of sp³-hybridized carbons (Fsp3) is 0.250. The first-order valence-electron chi connectivity index (χ1n) is 10.1. The number of nitrogens with zero attached hydrogens (tertiary/aromatic N) is 4. The number of carbonyl (C=O) groups is 2. The van der Waals surface area contributed by atoms with E-state index in [2.05, 4.69) is 4.99 Å². The highest BCUT2D eigenvalue weighted by molar-refractivity contribution is 6.53. The Labute approximate surface area is 185 Å². The molecular weight excluding hydrogens is 414 g/mol. The van der Waals surface area contributed by atoms with Gasteiger partial charge in [0.2, 0.25) is 6.19 Å². The van der Waals surface area contributed by atoms with Crippen molar-refractivity contribution >= 4 is 23.1 Å². The van der Waals surface area contributed by atoms with E-state index >= 15 is 0 Å². The predicted molar refractivity (Wildman–Crippen MR) is 116 cm³/mol. The number of nitriles is 1. The predicted octanol–water partition coefficient (Wildman–Crippen LogP) is 3.32. The topological polar surface area (TPSA) is 76.8 Å². The molecule has 1 saturated heterocycles. The molecule has 1 heterocycles. The van der Waals surface area contributed by atoms with Crippen LogP contribution in [0.4, 0.5) is 8.78 Å². The molecule has 0 radical (unpaired) electrons. The average Bonchev–Trinajstić information content (AvgIpc) is 2.82. The van der Waals surface area contributed by atoms with Crippen molar-refractivity contribution in [2.75, 3.05) is 26.2 Å². The van der Waals surface area contributed by atoms with Crippen molar-refractivity contribution < 1.29 is 18.4 Å². The van der Waals surface area contributed by atoms with E-state index in [1.165, 1.54) is 24.8 Å². The van der Waals surface area contributed by atoms with E-state index < -0.39 is 23.3 Å². The van der Waals surface area contributed by atoms with Crippen LogP contribution in [-0.4, -0.2) is 53.5 Å². The number of halogens is 2. The number of piperazine rings is 1. The Hall–Kier alpha value is -3.86. The van der Waals surface area contributed by atoms with E-state index in [0.717, 1.165) is 17.7 Å². The zero-order valence-electron chi connectivity index (χ0n) is 17.8. The molecular formula is C24H22F2N4O2. The number of amidine groups is 1. The summed E-state index contributed by atoms with van der Waals surface area (Å²) < 4.78 is 28.3. The van der Waals surface area contributed by atoms with Crippen molar-refractivity contribution in [1.82, 2.24) is 9.80 Å². The zero-order valence-corrected chi connectivity index (χ0v) is 17.8. The minimum Gasteiger partial charge on any atom is -0.352 e. The zero-order chi connectivity index (χ0) is 23.3. The lowest BCUT2D eigenvalue weighted by molar-refractivity contribution is -0.142. The van der Waals surface area contributed by atoms with Gasteiger partial charge in [-0.2, -0.15) is 10.3 Å². The molecule has 0 unspecified atom stereocenters. The number of ketones is 1. The number of aliphatic imine (C=N–C) groups is 1. The quantitative estimate of drug-likeness (QED) is 0.242. The second-order valence-corrected chi connectivity index (χ2v) is 7.24. The van der Waals surface area contributed by atoms with Gasteiger partial charge in [-0.25, -0.2) is 8.78 Å². The van der Waals surface area contributed by atoms with Crippen LogP contribution in [0.5, 0.6) is 0 Å². The summed E-state index contributed by atoms with van der Waals surface area (Å²) in [6.07, 6.45) is 3.14. The third-order valence-corrected chi connectivity index (χ3v) is 5.40. The lowest BCUT2D eigenvalue weighted by Crippen LogP contribution is -2.52. The molecule has 164 valence electrons. The summed E-state index contributed by atoms with van der Waals surface area (Å²) in [5.74, 6) is -2.58. The SMILES string of the molecule is C/C=C(/C(=O)C(=O)N1CCN(C(=NC#N)c2ccccc2)CC1)c1c(F)ccc(F)c1C. The maximum absolute atomic E-state index is 14.4. The number of Topliss-reactive ketones (excluding diaryl/α,β-unsaturated/α-hetero) is 1. The summed E-state index contributed by atoms with van der Waals surface area (Å²) in [4.78, 5) is 32.9. The smallest absolute Gasteiger partial charge is 0.295 e. The van der Waals surface area contributed by atoms with Crippen LogP contribution in [-0.2, 0) is 9.59 Å². The van der Waals surface area contributed by atoms with Gasteiger partial charge in [0.15, 0.2) is 0 Å². The van der Waals surface area contributed by atoms with Crippen LogP contribution >= 0.6 is 0 Å². The summed E-state index contributed by atoms with van der Waals surface area (Å²) in [6, 6.07) is 11.1. The molecule has 0 atom stereocenters. The Kier molecular flexibility index (Phi) is 7.11. The summed E-state index contributed by atoms with van der Waals surface area (Å²) in [7, 11) is 0. The third-order valence-electron chi connectivity index (χ3n) is 5.40. The fourth-order valence-electron chi connectivity index (χ4n) is 3.71. The summed E-state index contributed by atoms with van der Waals surface area (Å²) >= 11 is 0. The van der Waals surface area contributed by atoms with Gasteiger partial charge in [-0.3, -0.25) is 9.59 Å². The first kappa shape index (κ1) is 22.8. The first-order valence-corrected chi connectivity index (χ1v) is 10.1. The fourth-order valence-corrected chi connectivity index (χ4v) is 3.71. The van der Waals surface area contributed by atoms with Crippen LogP contribution in [0, 0.1) is 30.0 Å². The summed E-state index contributed by atoms with van der Waals surface area (Å²) in [5, 5.41) is 9.07. The Bertz CT molecular complexity index is 1130. The number of hydrogen-bond donors (Lipinski definition) is 0. The van der Waals surface area contributed by atoms with Crippen molar-refractivity contribution in [2.45, 2.75) is 13.8 Å². The molecule has 0 aliphatic carbocycles. The van der Waals surface area contributed by atoms with Gasteiger partial charge in [0.05, 0.1) is 0 Å². The van der Waals surface area contributed by atoms with Crippen molar-refractivity contribution in [3.8, 4) is 6.19 Å². The van der Waals surface area contributed by atoms with Gasteiger partial charge in [0, 0.05) is 42.9 Å². The second-order valence-electron chi connectivity index (χ2n) is 7.24. The van der Waals surface area contributed by atoms with Gasteiger partial charge in [-0.1, -0.05) is 36.4 Å². The summed E-state index contributed by atoms with van der Waals surface area (Å²) in [5.41, 5.74) is 0.391. The Morgan fingerprint density at radius 2 is 1.59 bits per heavy atom. The van der Waals surface area contributed by atoms with Crippen LogP contribution in [0.2, 0.25) is 0 Å². The monoisotopic (exact) mass is 436 g/mol. The van der Waals surface area contributed by atoms with E-state index in [0.29, 0.717) is 18.9 Å². The lowest BCUT2D eigenvalue weighted by atomic mass is 9.95. The highest BCUT2D eigenvalue weighted by atomic mass is 19.1. The molecule has 0 bridgehead atoms. The Morgan fingerprint density at radius 3 is 2.19 bits per heavy atom. The largest absolute Gasteiger partial charge is 0.352 e. The Balaban J connectivity index is 1.75. The molecule has 32 heavy (non-hydrogen) atoms. The van der Waals surface area contributed by atoms with E-state index in [4.69, 9.17) is 5.26 Å². The molecule has 2 aromatic carbocycles. The number of hydrogen-bond acceptors (Lipinski definition) is 4. The molecule has 0 saturated carbocycles. The molecule has 1 aliphatic heterocycles. The Morgan fingerprint density at radius 1 is 1.00 bits per heavy atom. The maximum atomic E-state index is 14.4. The maximum Gasteiger partial charge on any atom is 0.295 e. The van der Waals surface area contributed by atoms with Crippen molar-refractivity contribution in [1.29, 1.82) is 5.26 Å². The molecule has 0 aromatic heterocycles. The van der Waals surface area contributed by atoms with Crippen molar-refractivity contribution in [3.05, 3.63) is 76.9 Å². The number of benzene rings is 2. The van der Waals surface area contributed by atoms with Crippen LogP contribution in [0.3, 0.4) is 0 Å². The van der Waals surface area contributed by atoms with E-state index in [1.807, 2.05) is 41.4 Å². The van der Waals surface area contributed by atoms with Crippen LogP contribution < -0.4 is 0 Å². The normalized spacial score (nSPS) is 14.8. The molecule has 3 rings (SSSR count). The molecule has 0 N–H and O–H groups in total. The molecule has 0 spiro atoms. The van der Waals surface area contributed by atoms with Gasteiger partial charge < -0.3 is 9.80 Å². The standard InChI is InChI=1S/C24H22F2N4O2/c1-3-18(21-16(2)19(25)9-10-20(21)26)22(31)24(32)30-13-11-29(12-14-30)23(28-15-27)17-7-5-4-6-8-17/h3-10H,11-14H2,1-2H3/b18-3+,28-23?. The molecule has 2 aromatic rings. The molecule has 1 fully saturated rings. The van der Waals surface area contributed by atoms with E-state index in [1.54, 1.807) is 0 Å². The molecule has 6 nitrogen and oxygen atoms in total. The molecule has 8 heteroatoms. The molecule has 1 aliphatic rings. The third kappa shape index (κ3) is 4.57. The molecule has 1 amide bonds. The minimum absolute atomic E-state index is 0.0238. The second kappa shape index (κ2) is 9.96. The van der Waals surface area contributed by atoms with Gasteiger partial charge in [0.25, 0.3) is 11.7 Å². The number of amides is 1. The van der Waals surface area contributed by atoms with Gasteiger partial charge in [0.1, 0.15) is 17.5 Å². The first-order chi connectivity index (χ1) is 15.4. The van der Waals surface area contributed by atoms with E-state index in [-0.39, 0.29) is 29.8 Å². The van der Waals surface area contributed by atoms with Crippen LogP contribution in [0.1, 0.15) is 23.6 Å². The number of carbonyl (C=O) groups excluding carboxylic acids is 2. The average molecular weight is 436 g/mol. The highest BCUT2D eigenvalue weighted by Crippen LogP contribution is 2.26. The van der Waals surface area contributed by atoms with Gasteiger partial charge in [-0.15, -0.1) is 0 Å². The van der Waals surface area contributed by atoms with Gasteiger partial charge >= 0.3 is 0 Å². The van der Waals surface area contributed by atoms with Crippen LogP contribution in [0.25, 0.3) is 5.57 Å². The number of allylic oxidation sites excluding steroid dienone is 1. The highest BCUT2D eigenvalue weighted by Gasteiger charge is 2.31. The van der Waals surface area contributed by atoms with Crippen LogP contribution in [0.15, 0.2) is 53.5 Å². The summed E-state index contributed by atoms with van der Waals surface area (Å²) in [6.45, 7) is 4.06. The van der Waals surface area contributed by atoms with Crippen molar-refractivity contribution in [2.24, 2.45) is 4.99 Å². The lowest BCUT2D eigenvalue weighted by Gasteiger charge is -2.36. The minimum atomic E-state index is -0.887. The number of rotatable bonds is 4.